The summed E-state index contributed by atoms with van der Waals surface area (Å²) in [5, 5.41) is 9.02. The van der Waals surface area contributed by atoms with E-state index in [0.717, 1.165) is 5.69 Å². The third-order valence-electron chi connectivity index (χ3n) is 2.76. The molecule has 0 unspecified atom stereocenters. The van der Waals surface area contributed by atoms with Crippen molar-refractivity contribution in [2.24, 2.45) is 0 Å². The number of sulfone groups is 1. The van der Waals surface area contributed by atoms with E-state index in [1.807, 2.05) is 0 Å². The zero-order chi connectivity index (χ0) is 13.3. The number of nitriles is 1. The van der Waals surface area contributed by atoms with Crippen LogP contribution in [0, 0.1) is 11.3 Å². The van der Waals surface area contributed by atoms with Gasteiger partial charge in [-0.25, -0.2) is 8.42 Å². The minimum Gasteiger partial charge on any atom is -0.357 e. The van der Waals surface area contributed by atoms with Crippen LogP contribution in [-0.4, -0.2) is 27.3 Å². The van der Waals surface area contributed by atoms with Gasteiger partial charge in [-0.05, 0) is 38.1 Å². The Morgan fingerprint density at radius 2 is 1.71 bits per heavy atom. The average Bonchev–Trinajstić information content (AvgIpc) is 2.27. The Kier molecular flexibility index (Phi) is 3.48. The van der Waals surface area contributed by atoms with Crippen LogP contribution in [0.1, 0.15) is 13.8 Å². The number of benzene rings is 1. The maximum absolute atomic E-state index is 11.3. The van der Waals surface area contributed by atoms with Gasteiger partial charge in [-0.2, -0.15) is 5.26 Å². The second-order valence-corrected chi connectivity index (χ2v) is 6.51. The SMILES string of the molecule is CN(c1ccc(S(C)(=O)=O)cc1)C(C)(C)C#N. The first-order valence-corrected chi connectivity index (χ1v) is 7.03. The van der Waals surface area contributed by atoms with Crippen LogP contribution in [-0.2, 0) is 9.84 Å². The zero-order valence-corrected chi connectivity index (χ0v) is 11.2. The minimum atomic E-state index is -3.17. The summed E-state index contributed by atoms with van der Waals surface area (Å²) in [5.74, 6) is 0. The lowest BCUT2D eigenvalue weighted by Gasteiger charge is -2.31. The highest BCUT2D eigenvalue weighted by molar-refractivity contribution is 7.90. The predicted octanol–water partition coefficient (Wildman–Crippen LogP) is 1.83. The number of nitrogens with zero attached hydrogens (tertiary/aromatic N) is 2. The molecule has 0 aliphatic heterocycles. The Balaban J connectivity index is 3.09. The van der Waals surface area contributed by atoms with E-state index in [-0.39, 0.29) is 4.90 Å². The predicted molar refractivity (Wildman–Crippen MR) is 67.6 cm³/mol. The molecule has 1 aromatic carbocycles. The van der Waals surface area contributed by atoms with Gasteiger partial charge in [-0.15, -0.1) is 0 Å². The summed E-state index contributed by atoms with van der Waals surface area (Å²) in [7, 11) is -1.37. The molecule has 5 heteroatoms. The van der Waals surface area contributed by atoms with E-state index < -0.39 is 15.4 Å². The van der Waals surface area contributed by atoms with Gasteiger partial charge in [0.1, 0.15) is 5.54 Å². The van der Waals surface area contributed by atoms with Crippen LogP contribution in [0.2, 0.25) is 0 Å². The second-order valence-electron chi connectivity index (χ2n) is 4.50. The standard InChI is InChI=1S/C12H16N2O2S/c1-12(2,9-13)14(3)10-5-7-11(8-6-10)17(4,15)16/h5-8H,1-4H3. The summed E-state index contributed by atoms with van der Waals surface area (Å²) in [6, 6.07) is 8.70. The van der Waals surface area contributed by atoms with Gasteiger partial charge in [0, 0.05) is 19.0 Å². The van der Waals surface area contributed by atoms with Crippen molar-refractivity contribution in [3.8, 4) is 6.07 Å². The van der Waals surface area contributed by atoms with Crippen molar-refractivity contribution in [2.75, 3.05) is 18.2 Å². The number of hydrogen-bond acceptors (Lipinski definition) is 4. The lowest BCUT2D eigenvalue weighted by molar-refractivity contribution is 0.601. The summed E-state index contributed by atoms with van der Waals surface area (Å²) in [5.41, 5.74) is 0.177. The monoisotopic (exact) mass is 252 g/mol. The Morgan fingerprint density at radius 1 is 1.24 bits per heavy atom. The molecule has 92 valence electrons. The van der Waals surface area contributed by atoms with Gasteiger partial charge >= 0.3 is 0 Å². The molecule has 0 N–H and O–H groups in total. The maximum Gasteiger partial charge on any atom is 0.175 e. The molecule has 0 radical (unpaired) electrons. The highest BCUT2D eigenvalue weighted by Gasteiger charge is 2.23. The summed E-state index contributed by atoms with van der Waals surface area (Å²) < 4.78 is 22.6. The quantitative estimate of drug-likeness (QED) is 0.823. The maximum atomic E-state index is 11.3. The van der Waals surface area contributed by atoms with Crippen LogP contribution in [0.25, 0.3) is 0 Å². The van der Waals surface area contributed by atoms with Gasteiger partial charge in [0.15, 0.2) is 9.84 Å². The Labute approximate surface area is 102 Å². The molecule has 0 saturated heterocycles. The first-order valence-electron chi connectivity index (χ1n) is 5.14. The molecule has 0 aliphatic rings. The van der Waals surface area contributed by atoms with Crippen LogP contribution >= 0.6 is 0 Å². The van der Waals surface area contributed by atoms with Crippen LogP contribution in [0.5, 0.6) is 0 Å². The van der Waals surface area contributed by atoms with E-state index in [4.69, 9.17) is 5.26 Å². The smallest absolute Gasteiger partial charge is 0.175 e. The van der Waals surface area contributed by atoms with Gasteiger partial charge in [0.2, 0.25) is 0 Å². The largest absolute Gasteiger partial charge is 0.357 e. The zero-order valence-electron chi connectivity index (χ0n) is 10.4. The topological polar surface area (TPSA) is 61.2 Å². The summed E-state index contributed by atoms with van der Waals surface area (Å²) >= 11 is 0. The number of rotatable bonds is 3. The molecule has 0 saturated carbocycles. The number of hydrogen-bond donors (Lipinski definition) is 0. The van der Waals surface area contributed by atoms with Crippen LogP contribution in [0.4, 0.5) is 5.69 Å². The molecule has 0 aliphatic carbocycles. The molecule has 0 bridgehead atoms. The molecule has 0 atom stereocenters. The third kappa shape index (κ3) is 2.98. The van der Waals surface area contributed by atoms with Crippen molar-refractivity contribution >= 4 is 15.5 Å². The first-order chi connectivity index (χ1) is 7.68. The molecule has 0 amide bonds. The van der Waals surface area contributed by atoms with Gasteiger partial charge in [0.25, 0.3) is 0 Å². The molecule has 0 heterocycles. The van der Waals surface area contributed by atoms with Gasteiger partial charge in [-0.1, -0.05) is 0 Å². The first kappa shape index (κ1) is 13.5. The molecule has 4 nitrogen and oxygen atoms in total. The van der Waals surface area contributed by atoms with Crippen molar-refractivity contribution in [3.05, 3.63) is 24.3 Å². The van der Waals surface area contributed by atoms with Crippen LogP contribution in [0.15, 0.2) is 29.2 Å². The fourth-order valence-electron chi connectivity index (χ4n) is 1.31. The van der Waals surface area contributed by atoms with Crippen molar-refractivity contribution in [2.45, 2.75) is 24.3 Å². The van der Waals surface area contributed by atoms with Gasteiger partial charge in [-0.3, -0.25) is 0 Å². The molecule has 1 aromatic rings. The molecular weight excluding hydrogens is 236 g/mol. The highest BCUT2D eigenvalue weighted by atomic mass is 32.2. The number of anilines is 1. The Bertz CT molecular complexity index is 539. The molecule has 0 fully saturated rings. The normalized spacial score (nSPS) is 11.9. The molecular formula is C12H16N2O2S. The van der Waals surface area contributed by atoms with Crippen molar-refractivity contribution in [1.29, 1.82) is 5.26 Å². The minimum absolute atomic E-state index is 0.282. The van der Waals surface area contributed by atoms with Crippen molar-refractivity contribution in [1.82, 2.24) is 0 Å². The molecule has 1 rings (SSSR count). The van der Waals surface area contributed by atoms with Crippen molar-refractivity contribution < 1.29 is 8.42 Å². The van der Waals surface area contributed by atoms with Gasteiger partial charge < -0.3 is 4.90 Å². The third-order valence-corrected chi connectivity index (χ3v) is 3.89. The lowest BCUT2D eigenvalue weighted by atomic mass is 10.1. The fourth-order valence-corrected chi connectivity index (χ4v) is 1.95. The second kappa shape index (κ2) is 4.38. The lowest BCUT2D eigenvalue weighted by Crippen LogP contribution is -2.39. The summed E-state index contributed by atoms with van der Waals surface area (Å²) in [6.07, 6.45) is 1.17. The summed E-state index contributed by atoms with van der Waals surface area (Å²) in [6.45, 7) is 3.61. The highest BCUT2D eigenvalue weighted by Crippen LogP contribution is 2.23. The average molecular weight is 252 g/mol. The Hall–Kier alpha value is -1.54. The summed E-state index contributed by atoms with van der Waals surface area (Å²) in [4.78, 5) is 2.09. The van der Waals surface area contributed by atoms with Crippen LogP contribution < -0.4 is 4.90 Å². The fraction of sp³-hybridized carbons (Fsp3) is 0.417. The van der Waals surface area contributed by atoms with E-state index in [1.54, 1.807) is 50.1 Å². The van der Waals surface area contributed by atoms with E-state index in [1.165, 1.54) is 6.26 Å². The van der Waals surface area contributed by atoms with E-state index >= 15 is 0 Å². The van der Waals surface area contributed by atoms with E-state index in [9.17, 15) is 8.42 Å². The van der Waals surface area contributed by atoms with E-state index in [0.29, 0.717) is 0 Å². The molecule has 17 heavy (non-hydrogen) atoms. The van der Waals surface area contributed by atoms with Crippen molar-refractivity contribution in [3.63, 3.8) is 0 Å². The molecule has 0 aromatic heterocycles. The molecule has 0 spiro atoms. The van der Waals surface area contributed by atoms with Crippen LogP contribution in [0.3, 0.4) is 0 Å². The Morgan fingerprint density at radius 3 is 2.06 bits per heavy atom. The van der Waals surface area contributed by atoms with E-state index in [2.05, 4.69) is 6.07 Å². The van der Waals surface area contributed by atoms with Gasteiger partial charge in [0.05, 0.1) is 11.0 Å².